The SMILES string of the molecule is O=C(NC1(C(=O)O)C2CCC3CC(C2)CC1C3)c1ccc(-c2cn(C3CCC(F)(F)CC3)c3cc(OC4CCN(c5ncc(F)cn5)CC4)ccc23)nc1C(F)(F)F. The number of hydrogen-bond donors (Lipinski definition) is 2. The van der Waals surface area contributed by atoms with Crippen LogP contribution in [0.5, 0.6) is 5.75 Å². The first-order valence-electron chi connectivity index (χ1n) is 20.2. The van der Waals surface area contributed by atoms with Crippen molar-refractivity contribution in [3.8, 4) is 17.0 Å². The molecule has 16 heteroatoms. The number of benzene rings is 1. The van der Waals surface area contributed by atoms with Crippen LogP contribution in [-0.4, -0.2) is 67.2 Å². The highest BCUT2D eigenvalue weighted by Gasteiger charge is 2.60. The molecule has 3 aromatic heterocycles. The van der Waals surface area contributed by atoms with Crippen molar-refractivity contribution in [1.29, 1.82) is 0 Å². The molecule has 2 N–H and O–H groups in total. The predicted octanol–water partition coefficient (Wildman–Crippen LogP) is 8.85. The second-order valence-electron chi connectivity index (χ2n) is 17.1. The number of rotatable bonds is 8. The molecule has 6 fully saturated rings. The van der Waals surface area contributed by atoms with Gasteiger partial charge in [0, 0.05) is 68.0 Å². The lowest BCUT2D eigenvalue weighted by molar-refractivity contribution is -0.154. The van der Waals surface area contributed by atoms with Crippen molar-refractivity contribution < 1.29 is 45.8 Å². The van der Waals surface area contributed by atoms with E-state index >= 15 is 0 Å². The molecule has 4 aromatic rings. The zero-order chi connectivity index (χ0) is 40.6. The summed E-state index contributed by atoms with van der Waals surface area (Å²) in [5, 5.41) is 13.8. The number of carbonyl (C=O) groups excluding carboxylic acids is 1. The van der Waals surface area contributed by atoms with Gasteiger partial charge < -0.3 is 24.6 Å². The van der Waals surface area contributed by atoms with Crippen molar-refractivity contribution in [2.45, 2.75) is 107 Å². The summed E-state index contributed by atoms with van der Waals surface area (Å²) in [6.45, 7) is 1.13. The highest BCUT2D eigenvalue weighted by molar-refractivity contribution is 6.00. The number of anilines is 1. The molecule has 1 aliphatic heterocycles. The minimum Gasteiger partial charge on any atom is -0.490 e. The average Bonchev–Trinajstić information content (AvgIpc) is 3.44. The number of carboxylic acids is 1. The van der Waals surface area contributed by atoms with Crippen molar-refractivity contribution in [2.75, 3.05) is 18.0 Å². The number of ether oxygens (including phenoxy) is 1. The Balaban J connectivity index is 1.03. The van der Waals surface area contributed by atoms with Crippen LogP contribution in [-0.2, 0) is 11.0 Å². The molecule has 4 heterocycles. The lowest BCUT2D eigenvalue weighted by Crippen LogP contribution is -2.66. The Labute approximate surface area is 330 Å². The van der Waals surface area contributed by atoms with Gasteiger partial charge in [0.25, 0.3) is 5.91 Å². The van der Waals surface area contributed by atoms with Gasteiger partial charge in [-0.1, -0.05) is 6.42 Å². The normalized spacial score (nSPS) is 27.4. The highest BCUT2D eigenvalue weighted by Crippen LogP contribution is 2.56. The quantitative estimate of drug-likeness (QED) is 0.169. The van der Waals surface area contributed by atoms with Gasteiger partial charge in [0.2, 0.25) is 11.9 Å². The van der Waals surface area contributed by atoms with Crippen molar-refractivity contribution in [2.24, 2.45) is 23.7 Å². The molecule has 0 radical (unpaired) electrons. The Morgan fingerprint density at radius 1 is 0.879 bits per heavy atom. The Morgan fingerprint density at radius 2 is 1.59 bits per heavy atom. The van der Waals surface area contributed by atoms with Crippen molar-refractivity contribution in [3.63, 3.8) is 0 Å². The van der Waals surface area contributed by atoms with Gasteiger partial charge >= 0.3 is 12.1 Å². The summed E-state index contributed by atoms with van der Waals surface area (Å²) < 4.78 is 94.9. The number of hydrogen-bond acceptors (Lipinski definition) is 7. The van der Waals surface area contributed by atoms with Crippen LogP contribution in [0.15, 0.2) is 48.9 Å². The topological polar surface area (TPSA) is 122 Å². The summed E-state index contributed by atoms with van der Waals surface area (Å²) in [7, 11) is 0. The van der Waals surface area contributed by atoms with Crippen LogP contribution in [0.2, 0.25) is 0 Å². The number of pyridine rings is 1. The minimum atomic E-state index is -5.06. The van der Waals surface area contributed by atoms with E-state index in [1.165, 1.54) is 6.07 Å². The third-order valence-electron chi connectivity index (χ3n) is 13.6. The first-order chi connectivity index (χ1) is 27.7. The molecule has 5 atom stereocenters. The summed E-state index contributed by atoms with van der Waals surface area (Å²) in [5.74, 6) is -4.80. The van der Waals surface area contributed by atoms with E-state index in [0.717, 1.165) is 31.3 Å². The summed E-state index contributed by atoms with van der Waals surface area (Å²) in [5.41, 5.74) is -3.02. The zero-order valence-corrected chi connectivity index (χ0v) is 31.7. The maximum Gasteiger partial charge on any atom is 0.434 e. The van der Waals surface area contributed by atoms with Crippen LogP contribution in [0.25, 0.3) is 22.2 Å². The molecule has 58 heavy (non-hydrogen) atoms. The molecule has 1 amide bonds. The summed E-state index contributed by atoms with van der Waals surface area (Å²) >= 11 is 0. The number of alkyl halides is 5. The Bertz CT molecular complexity index is 2200. The fourth-order valence-electron chi connectivity index (χ4n) is 10.9. The fourth-order valence-corrected chi connectivity index (χ4v) is 10.9. The molecule has 6 aliphatic rings. The van der Waals surface area contributed by atoms with E-state index in [-0.39, 0.29) is 55.4 Å². The third-order valence-corrected chi connectivity index (χ3v) is 13.6. The average molecular weight is 811 g/mol. The van der Waals surface area contributed by atoms with Gasteiger partial charge in [-0.2, -0.15) is 13.2 Å². The van der Waals surface area contributed by atoms with E-state index in [4.69, 9.17) is 4.74 Å². The molecular weight excluding hydrogens is 766 g/mol. The van der Waals surface area contributed by atoms with Crippen LogP contribution in [0.3, 0.4) is 0 Å². The second kappa shape index (κ2) is 14.4. The van der Waals surface area contributed by atoms with Crippen LogP contribution < -0.4 is 15.0 Å². The predicted molar refractivity (Wildman–Crippen MR) is 200 cm³/mol. The van der Waals surface area contributed by atoms with E-state index in [0.29, 0.717) is 91.6 Å². The zero-order valence-electron chi connectivity index (χ0n) is 31.7. The molecule has 5 saturated carbocycles. The minimum absolute atomic E-state index is 0.0720. The van der Waals surface area contributed by atoms with E-state index in [1.807, 2.05) is 9.47 Å². The first-order valence-corrected chi connectivity index (χ1v) is 20.2. The monoisotopic (exact) mass is 810 g/mol. The number of fused-ring (bicyclic) bond motifs is 2. The Morgan fingerprint density at radius 3 is 2.29 bits per heavy atom. The molecule has 10 rings (SSSR count). The summed E-state index contributed by atoms with van der Waals surface area (Å²) in [4.78, 5) is 41.1. The standard InChI is InChI=1S/C42H44F6N6O4/c43-27-20-49-39(50-21-27)53-13-9-29(10-14-53)58-30-3-4-31-33(22-54(35(31)19-30)28-7-11-40(44,45)12-8-28)34-6-5-32(36(51-34)42(46,47)48)37(55)52-41(38(56)57)25-2-1-23-15-24(17-25)18-26(41)16-23/h3-6,19-26,28-29H,1-2,7-18H2,(H,52,55)(H,56,57). The second-order valence-corrected chi connectivity index (χ2v) is 17.1. The smallest absolute Gasteiger partial charge is 0.434 e. The first kappa shape index (κ1) is 38.6. The van der Waals surface area contributed by atoms with Gasteiger partial charge in [0.1, 0.15) is 17.4 Å². The molecule has 0 spiro atoms. The summed E-state index contributed by atoms with van der Waals surface area (Å²) in [6.07, 6.45) is 3.78. The number of nitrogens with one attached hydrogen (secondary N) is 1. The molecule has 5 aliphatic carbocycles. The van der Waals surface area contributed by atoms with E-state index in [1.54, 1.807) is 24.4 Å². The lowest BCUT2D eigenvalue weighted by Gasteiger charge is -2.50. The fraction of sp³-hybridized carbons (Fsp3) is 0.548. The highest BCUT2D eigenvalue weighted by atomic mass is 19.4. The molecule has 308 valence electrons. The van der Waals surface area contributed by atoms with E-state index in [2.05, 4.69) is 20.3 Å². The number of halogens is 6. The van der Waals surface area contributed by atoms with Gasteiger partial charge in [0.05, 0.1) is 29.2 Å². The van der Waals surface area contributed by atoms with Crippen LogP contribution in [0.1, 0.15) is 99.1 Å². The number of nitrogens with zero attached hydrogens (tertiary/aromatic N) is 5. The molecule has 1 aromatic carbocycles. The number of carbonyl (C=O) groups is 2. The number of aliphatic carboxylic acids is 1. The van der Waals surface area contributed by atoms with Crippen LogP contribution in [0.4, 0.5) is 32.3 Å². The molecular formula is C42H44F6N6O4. The maximum absolute atomic E-state index is 14.9. The summed E-state index contributed by atoms with van der Waals surface area (Å²) in [6, 6.07) is 7.23. The maximum atomic E-state index is 14.9. The van der Waals surface area contributed by atoms with Crippen molar-refractivity contribution in [1.82, 2.24) is 24.8 Å². The largest absolute Gasteiger partial charge is 0.490 e. The Kier molecular flexibility index (Phi) is 9.61. The third kappa shape index (κ3) is 7.03. The molecule has 5 unspecified atom stereocenters. The van der Waals surface area contributed by atoms with Gasteiger partial charge in [-0.25, -0.2) is 32.9 Å². The van der Waals surface area contributed by atoms with Gasteiger partial charge in [0.15, 0.2) is 11.5 Å². The van der Waals surface area contributed by atoms with Crippen LogP contribution in [0, 0.1) is 29.5 Å². The Hall–Kier alpha value is -4.89. The van der Waals surface area contributed by atoms with Crippen molar-refractivity contribution in [3.05, 3.63) is 66.0 Å². The molecule has 4 bridgehead atoms. The van der Waals surface area contributed by atoms with Gasteiger partial charge in [-0.3, -0.25) is 4.79 Å². The number of piperidine rings is 1. The molecule has 1 saturated heterocycles. The number of amides is 1. The number of aromatic nitrogens is 4. The van der Waals surface area contributed by atoms with Gasteiger partial charge in [-0.05, 0) is 92.9 Å². The molecule has 10 nitrogen and oxygen atoms in total. The van der Waals surface area contributed by atoms with E-state index in [9.17, 15) is 41.0 Å². The lowest BCUT2D eigenvalue weighted by atomic mass is 9.58. The number of carboxylic acid groups (broad SMARTS) is 1. The van der Waals surface area contributed by atoms with Crippen molar-refractivity contribution >= 4 is 28.7 Å². The van der Waals surface area contributed by atoms with Gasteiger partial charge in [-0.15, -0.1) is 0 Å². The van der Waals surface area contributed by atoms with E-state index < -0.39 is 46.6 Å². The van der Waals surface area contributed by atoms with Crippen LogP contribution >= 0.6 is 0 Å².